The van der Waals surface area contributed by atoms with E-state index in [0.29, 0.717) is 18.4 Å². The molecular weight excluding hydrogens is 230 g/mol. The SMILES string of the molecule is CCOc1cncc(OC2CCCCCC2N)n1. The molecule has 0 amide bonds. The van der Waals surface area contributed by atoms with Gasteiger partial charge in [-0.05, 0) is 26.2 Å². The number of rotatable bonds is 4. The third kappa shape index (κ3) is 3.57. The molecule has 0 aromatic carbocycles. The Labute approximate surface area is 108 Å². The molecule has 0 saturated heterocycles. The van der Waals surface area contributed by atoms with Crippen LogP contribution >= 0.6 is 0 Å². The van der Waals surface area contributed by atoms with E-state index >= 15 is 0 Å². The second kappa shape index (κ2) is 6.54. The minimum Gasteiger partial charge on any atom is -0.477 e. The average molecular weight is 251 g/mol. The predicted molar refractivity (Wildman–Crippen MR) is 68.7 cm³/mol. The van der Waals surface area contributed by atoms with E-state index in [1.54, 1.807) is 12.4 Å². The number of hydrogen-bond acceptors (Lipinski definition) is 5. The molecule has 2 atom stereocenters. The minimum atomic E-state index is 0.0404. The van der Waals surface area contributed by atoms with Crippen LogP contribution in [0.5, 0.6) is 11.8 Å². The Morgan fingerprint density at radius 3 is 2.83 bits per heavy atom. The van der Waals surface area contributed by atoms with Crippen molar-refractivity contribution in [2.45, 2.75) is 51.2 Å². The molecule has 1 fully saturated rings. The topological polar surface area (TPSA) is 70.3 Å². The Kier molecular flexibility index (Phi) is 4.75. The number of ether oxygens (including phenoxy) is 2. The van der Waals surface area contributed by atoms with Gasteiger partial charge >= 0.3 is 0 Å². The third-order valence-electron chi connectivity index (χ3n) is 3.16. The molecule has 0 spiro atoms. The van der Waals surface area contributed by atoms with Gasteiger partial charge in [0, 0.05) is 6.04 Å². The molecule has 2 unspecified atom stereocenters. The van der Waals surface area contributed by atoms with Gasteiger partial charge in [0.1, 0.15) is 6.10 Å². The van der Waals surface area contributed by atoms with Crippen LogP contribution in [0, 0.1) is 0 Å². The van der Waals surface area contributed by atoms with Gasteiger partial charge in [-0.1, -0.05) is 12.8 Å². The first-order valence-electron chi connectivity index (χ1n) is 6.66. The summed E-state index contributed by atoms with van der Waals surface area (Å²) in [6, 6.07) is 0.0880. The molecule has 0 aliphatic heterocycles. The highest BCUT2D eigenvalue weighted by Gasteiger charge is 2.22. The van der Waals surface area contributed by atoms with E-state index in [9.17, 15) is 0 Å². The minimum absolute atomic E-state index is 0.0404. The smallest absolute Gasteiger partial charge is 0.235 e. The van der Waals surface area contributed by atoms with Crippen molar-refractivity contribution in [1.82, 2.24) is 9.97 Å². The van der Waals surface area contributed by atoms with Crippen molar-refractivity contribution >= 4 is 0 Å². The molecule has 1 aromatic rings. The van der Waals surface area contributed by atoms with Crippen LogP contribution in [0.3, 0.4) is 0 Å². The van der Waals surface area contributed by atoms with Gasteiger partial charge in [-0.15, -0.1) is 0 Å². The van der Waals surface area contributed by atoms with E-state index in [2.05, 4.69) is 9.97 Å². The number of aromatic nitrogens is 2. The van der Waals surface area contributed by atoms with Crippen LogP contribution in [-0.4, -0.2) is 28.7 Å². The molecule has 2 N–H and O–H groups in total. The van der Waals surface area contributed by atoms with E-state index in [0.717, 1.165) is 19.3 Å². The summed E-state index contributed by atoms with van der Waals surface area (Å²) >= 11 is 0. The molecule has 1 aliphatic carbocycles. The summed E-state index contributed by atoms with van der Waals surface area (Å²) in [5.74, 6) is 1.00. The lowest BCUT2D eigenvalue weighted by molar-refractivity contribution is 0.153. The quantitative estimate of drug-likeness (QED) is 0.828. The van der Waals surface area contributed by atoms with Crippen LogP contribution < -0.4 is 15.2 Å². The molecular formula is C13H21N3O2. The van der Waals surface area contributed by atoms with E-state index in [-0.39, 0.29) is 12.1 Å². The number of nitrogens with zero attached hydrogens (tertiary/aromatic N) is 2. The van der Waals surface area contributed by atoms with Crippen molar-refractivity contribution in [2.24, 2.45) is 5.73 Å². The predicted octanol–water partition coefficient (Wildman–Crippen LogP) is 1.91. The van der Waals surface area contributed by atoms with E-state index in [1.807, 2.05) is 6.92 Å². The van der Waals surface area contributed by atoms with Crippen LogP contribution in [0.4, 0.5) is 0 Å². The summed E-state index contributed by atoms with van der Waals surface area (Å²) in [6.45, 7) is 2.48. The molecule has 5 nitrogen and oxygen atoms in total. The molecule has 1 heterocycles. The normalized spacial score (nSPS) is 24.3. The molecule has 18 heavy (non-hydrogen) atoms. The zero-order chi connectivity index (χ0) is 12.8. The summed E-state index contributed by atoms with van der Waals surface area (Å²) in [4.78, 5) is 8.32. The molecule has 2 rings (SSSR count). The maximum atomic E-state index is 6.12. The largest absolute Gasteiger partial charge is 0.477 e. The number of hydrogen-bond donors (Lipinski definition) is 1. The summed E-state index contributed by atoms with van der Waals surface area (Å²) in [7, 11) is 0. The Morgan fingerprint density at radius 2 is 2.00 bits per heavy atom. The fraction of sp³-hybridized carbons (Fsp3) is 0.692. The maximum absolute atomic E-state index is 6.12. The summed E-state index contributed by atoms with van der Waals surface area (Å²) in [5.41, 5.74) is 6.12. The highest BCUT2D eigenvalue weighted by atomic mass is 16.5. The van der Waals surface area contributed by atoms with Crippen molar-refractivity contribution in [2.75, 3.05) is 6.61 Å². The van der Waals surface area contributed by atoms with Gasteiger partial charge in [0.2, 0.25) is 11.8 Å². The first-order valence-corrected chi connectivity index (χ1v) is 6.66. The first-order chi connectivity index (χ1) is 8.79. The summed E-state index contributed by atoms with van der Waals surface area (Å²) < 4.78 is 11.2. The van der Waals surface area contributed by atoms with Crippen molar-refractivity contribution in [3.63, 3.8) is 0 Å². The van der Waals surface area contributed by atoms with Crippen LogP contribution in [0.1, 0.15) is 39.0 Å². The van der Waals surface area contributed by atoms with Gasteiger partial charge in [0.05, 0.1) is 19.0 Å². The fourth-order valence-corrected chi connectivity index (χ4v) is 2.21. The fourth-order valence-electron chi connectivity index (χ4n) is 2.21. The highest BCUT2D eigenvalue weighted by Crippen LogP contribution is 2.21. The van der Waals surface area contributed by atoms with Crippen LogP contribution in [0.15, 0.2) is 12.4 Å². The van der Waals surface area contributed by atoms with E-state index in [4.69, 9.17) is 15.2 Å². The third-order valence-corrected chi connectivity index (χ3v) is 3.16. The van der Waals surface area contributed by atoms with E-state index < -0.39 is 0 Å². The van der Waals surface area contributed by atoms with Gasteiger partial charge in [-0.3, -0.25) is 4.98 Å². The second-order valence-electron chi connectivity index (χ2n) is 4.59. The Balaban J connectivity index is 2.00. The average Bonchev–Trinajstić information content (AvgIpc) is 2.56. The zero-order valence-electron chi connectivity index (χ0n) is 10.8. The van der Waals surface area contributed by atoms with Crippen molar-refractivity contribution < 1.29 is 9.47 Å². The lowest BCUT2D eigenvalue weighted by atomic mass is 10.1. The summed E-state index contributed by atoms with van der Waals surface area (Å²) in [6.07, 6.45) is 8.83. The van der Waals surface area contributed by atoms with Crippen molar-refractivity contribution in [3.8, 4) is 11.8 Å². The van der Waals surface area contributed by atoms with Gasteiger partial charge in [-0.2, -0.15) is 4.98 Å². The van der Waals surface area contributed by atoms with Crippen LogP contribution in [0.25, 0.3) is 0 Å². The lowest BCUT2D eigenvalue weighted by Gasteiger charge is -2.22. The number of nitrogens with two attached hydrogens (primary N) is 1. The monoisotopic (exact) mass is 251 g/mol. The second-order valence-corrected chi connectivity index (χ2v) is 4.59. The molecule has 0 bridgehead atoms. The highest BCUT2D eigenvalue weighted by molar-refractivity contribution is 5.13. The first kappa shape index (κ1) is 13.1. The lowest BCUT2D eigenvalue weighted by Crippen LogP contribution is -2.38. The summed E-state index contributed by atoms with van der Waals surface area (Å²) in [5, 5.41) is 0. The van der Waals surface area contributed by atoms with Crippen LogP contribution in [-0.2, 0) is 0 Å². The van der Waals surface area contributed by atoms with Crippen LogP contribution in [0.2, 0.25) is 0 Å². The molecule has 1 aliphatic rings. The van der Waals surface area contributed by atoms with Gasteiger partial charge < -0.3 is 15.2 Å². The Morgan fingerprint density at radius 1 is 1.22 bits per heavy atom. The zero-order valence-corrected chi connectivity index (χ0v) is 10.8. The van der Waals surface area contributed by atoms with E-state index in [1.165, 1.54) is 12.8 Å². The standard InChI is InChI=1S/C13H21N3O2/c1-2-17-12-8-15-9-13(16-12)18-11-7-5-3-4-6-10(11)14/h8-11H,2-7,14H2,1H3. The molecule has 1 saturated carbocycles. The van der Waals surface area contributed by atoms with Crippen molar-refractivity contribution in [1.29, 1.82) is 0 Å². The Bertz CT molecular complexity index is 373. The van der Waals surface area contributed by atoms with Gasteiger partial charge in [0.25, 0.3) is 0 Å². The van der Waals surface area contributed by atoms with Gasteiger partial charge in [-0.25, -0.2) is 0 Å². The van der Waals surface area contributed by atoms with Crippen molar-refractivity contribution in [3.05, 3.63) is 12.4 Å². The molecule has 5 heteroatoms. The van der Waals surface area contributed by atoms with Gasteiger partial charge in [0.15, 0.2) is 0 Å². The maximum Gasteiger partial charge on any atom is 0.235 e. The molecule has 100 valence electrons. The Hall–Kier alpha value is -1.36. The molecule has 0 radical (unpaired) electrons. The molecule has 1 aromatic heterocycles.